The molecule has 0 unspecified atom stereocenters. The van der Waals surface area contributed by atoms with E-state index >= 15 is 0 Å². The van der Waals surface area contributed by atoms with Crippen LogP contribution in [-0.2, 0) is 19.7 Å². The monoisotopic (exact) mass is 403 g/mol. The minimum atomic E-state index is -0.386. The predicted molar refractivity (Wildman–Crippen MR) is 107 cm³/mol. The summed E-state index contributed by atoms with van der Waals surface area (Å²) in [5, 5.41) is 3.75. The molecule has 1 heterocycles. The Balaban J connectivity index is 1.51. The first-order valence-corrected chi connectivity index (χ1v) is 9.44. The van der Waals surface area contributed by atoms with Gasteiger partial charge < -0.3 is 19.4 Å². The van der Waals surface area contributed by atoms with Gasteiger partial charge >= 0.3 is 0 Å². The summed E-state index contributed by atoms with van der Waals surface area (Å²) < 4.78 is 27.1. The Labute approximate surface area is 169 Å². The maximum Gasteiger partial charge on any atom is 0.161 e. The molecule has 148 valence electrons. The Kier molecular flexibility index (Phi) is 7.28. The summed E-state index contributed by atoms with van der Waals surface area (Å²) in [7, 11) is 1.58. The number of methoxy groups -OCH3 is 1. The van der Waals surface area contributed by atoms with Gasteiger partial charge in [0.1, 0.15) is 12.4 Å². The lowest BCUT2D eigenvalue weighted by Gasteiger charge is -2.14. The van der Waals surface area contributed by atoms with Crippen LogP contribution in [0.5, 0.6) is 11.5 Å². The smallest absolute Gasteiger partial charge is 0.161 e. The largest absolute Gasteiger partial charge is 0.493 e. The van der Waals surface area contributed by atoms with Crippen molar-refractivity contribution in [2.24, 2.45) is 0 Å². The Bertz CT molecular complexity index is 867. The highest BCUT2D eigenvalue weighted by Gasteiger charge is 2.11. The molecule has 0 radical (unpaired) electrons. The number of aryl methyl sites for hydroxylation is 1. The Morgan fingerprint density at radius 3 is 2.86 bits per heavy atom. The maximum atomic E-state index is 13.9. The van der Waals surface area contributed by atoms with E-state index in [1.807, 2.05) is 30.7 Å². The van der Waals surface area contributed by atoms with E-state index in [0.29, 0.717) is 22.1 Å². The number of aromatic nitrogens is 2. The number of ether oxygens (including phenoxy) is 2. The van der Waals surface area contributed by atoms with Gasteiger partial charge in [-0.05, 0) is 42.8 Å². The number of halogens is 2. The number of imidazole rings is 1. The summed E-state index contributed by atoms with van der Waals surface area (Å²) in [6.07, 6.45) is 6.57. The second kappa shape index (κ2) is 10.1. The molecular formula is C21H23ClFN3O2. The summed E-state index contributed by atoms with van der Waals surface area (Å²) in [6, 6.07) is 10.3. The van der Waals surface area contributed by atoms with Crippen molar-refractivity contribution in [1.82, 2.24) is 14.9 Å². The predicted octanol–water partition coefficient (Wildman–Crippen LogP) is 4.44. The van der Waals surface area contributed by atoms with Crippen LogP contribution < -0.4 is 14.8 Å². The van der Waals surface area contributed by atoms with Gasteiger partial charge in [-0.2, -0.15) is 0 Å². The second-order valence-electron chi connectivity index (χ2n) is 6.30. The van der Waals surface area contributed by atoms with Gasteiger partial charge in [0.05, 0.1) is 18.5 Å². The van der Waals surface area contributed by atoms with Crippen molar-refractivity contribution in [1.29, 1.82) is 0 Å². The van der Waals surface area contributed by atoms with Crippen LogP contribution in [0.25, 0.3) is 0 Å². The van der Waals surface area contributed by atoms with E-state index < -0.39 is 0 Å². The van der Waals surface area contributed by atoms with Crippen LogP contribution in [0.1, 0.15) is 17.5 Å². The van der Waals surface area contributed by atoms with Crippen LogP contribution in [0.3, 0.4) is 0 Å². The Morgan fingerprint density at radius 2 is 2.11 bits per heavy atom. The summed E-state index contributed by atoms with van der Waals surface area (Å²) in [5.74, 6) is 0.763. The van der Waals surface area contributed by atoms with Crippen LogP contribution in [-0.4, -0.2) is 23.2 Å². The average molecular weight is 404 g/mol. The highest BCUT2D eigenvalue weighted by Crippen LogP contribution is 2.30. The van der Waals surface area contributed by atoms with Crippen LogP contribution in [0, 0.1) is 5.82 Å². The number of hydrogen-bond donors (Lipinski definition) is 1. The van der Waals surface area contributed by atoms with Gasteiger partial charge in [-0.1, -0.05) is 23.7 Å². The number of benzene rings is 2. The lowest BCUT2D eigenvalue weighted by molar-refractivity contribution is 0.279. The molecule has 1 N–H and O–H groups in total. The van der Waals surface area contributed by atoms with Crippen molar-refractivity contribution in [3.05, 3.63) is 77.1 Å². The summed E-state index contributed by atoms with van der Waals surface area (Å²) in [5.41, 5.74) is 1.41. The molecule has 0 spiro atoms. The van der Waals surface area contributed by atoms with Crippen molar-refractivity contribution < 1.29 is 13.9 Å². The number of nitrogens with zero attached hydrogens (tertiary/aromatic N) is 2. The van der Waals surface area contributed by atoms with Gasteiger partial charge in [0.25, 0.3) is 0 Å². The average Bonchev–Trinajstić information content (AvgIpc) is 3.21. The molecule has 0 saturated heterocycles. The number of hydrogen-bond acceptors (Lipinski definition) is 4. The van der Waals surface area contributed by atoms with E-state index in [-0.39, 0.29) is 12.4 Å². The normalized spacial score (nSPS) is 10.8. The molecule has 0 aliphatic rings. The van der Waals surface area contributed by atoms with E-state index in [4.69, 9.17) is 21.1 Å². The zero-order valence-electron chi connectivity index (χ0n) is 15.7. The SMILES string of the molecule is COc1cc(CNCCCn2ccnc2)ccc1OCc1c(F)cccc1Cl. The number of nitrogens with one attached hydrogen (secondary N) is 1. The highest BCUT2D eigenvalue weighted by molar-refractivity contribution is 6.31. The van der Waals surface area contributed by atoms with Crippen LogP contribution in [0.4, 0.5) is 4.39 Å². The second-order valence-corrected chi connectivity index (χ2v) is 6.71. The number of rotatable bonds is 10. The van der Waals surface area contributed by atoms with Gasteiger partial charge in [-0.3, -0.25) is 0 Å². The molecule has 2 aromatic carbocycles. The molecule has 0 aliphatic carbocycles. The molecule has 28 heavy (non-hydrogen) atoms. The first-order chi connectivity index (χ1) is 13.7. The van der Waals surface area contributed by atoms with Crippen molar-refractivity contribution in [2.75, 3.05) is 13.7 Å². The summed E-state index contributed by atoms with van der Waals surface area (Å²) in [6.45, 7) is 2.58. The molecule has 1 aromatic heterocycles. The Hall–Kier alpha value is -2.57. The van der Waals surface area contributed by atoms with E-state index in [2.05, 4.69) is 14.9 Å². The molecule has 0 bridgehead atoms. The Morgan fingerprint density at radius 1 is 1.21 bits per heavy atom. The van der Waals surface area contributed by atoms with Gasteiger partial charge in [-0.25, -0.2) is 9.37 Å². The molecule has 0 atom stereocenters. The van der Waals surface area contributed by atoms with Gasteiger partial charge in [0, 0.05) is 31.0 Å². The molecular weight excluding hydrogens is 381 g/mol. The van der Waals surface area contributed by atoms with E-state index in [0.717, 1.165) is 31.6 Å². The first-order valence-electron chi connectivity index (χ1n) is 9.06. The van der Waals surface area contributed by atoms with Gasteiger partial charge in [0.2, 0.25) is 0 Å². The van der Waals surface area contributed by atoms with E-state index in [1.54, 1.807) is 25.4 Å². The fraction of sp³-hybridized carbons (Fsp3) is 0.286. The summed E-state index contributed by atoms with van der Waals surface area (Å²) >= 11 is 6.05. The highest BCUT2D eigenvalue weighted by atomic mass is 35.5. The fourth-order valence-corrected chi connectivity index (χ4v) is 3.02. The molecule has 0 amide bonds. The molecule has 0 saturated carbocycles. The van der Waals surface area contributed by atoms with Gasteiger partial charge in [0.15, 0.2) is 11.5 Å². The minimum Gasteiger partial charge on any atom is -0.493 e. The lowest BCUT2D eigenvalue weighted by atomic mass is 10.2. The summed E-state index contributed by atoms with van der Waals surface area (Å²) in [4.78, 5) is 4.03. The maximum absolute atomic E-state index is 13.9. The van der Waals surface area contributed by atoms with E-state index in [9.17, 15) is 4.39 Å². The van der Waals surface area contributed by atoms with Crippen LogP contribution in [0.15, 0.2) is 55.1 Å². The molecule has 3 aromatic rings. The molecule has 5 nitrogen and oxygen atoms in total. The topological polar surface area (TPSA) is 48.3 Å². The minimum absolute atomic E-state index is 0.0354. The molecule has 0 fully saturated rings. The molecule has 0 aliphatic heterocycles. The lowest BCUT2D eigenvalue weighted by Crippen LogP contribution is -2.16. The quantitative estimate of drug-likeness (QED) is 0.508. The van der Waals surface area contributed by atoms with Crippen LogP contribution >= 0.6 is 11.6 Å². The van der Waals surface area contributed by atoms with Crippen LogP contribution in [0.2, 0.25) is 5.02 Å². The van der Waals surface area contributed by atoms with Gasteiger partial charge in [-0.15, -0.1) is 0 Å². The fourth-order valence-electron chi connectivity index (χ4n) is 2.80. The third-order valence-corrected chi connectivity index (χ3v) is 4.67. The van der Waals surface area contributed by atoms with Crippen molar-refractivity contribution in [3.8, 4) is 11.5 Å². The molecule has 7 heteroatoms. The third-order valence-electron chi connectivity index (χ3n) is 4.32. The van der Waals surface area contributed by atoms with E-state index in [1.165, 1.54) is 6.07 Å². The standard InChI is InChI=1S/C21H23ClFN3O2/c1-27-21-12-16(13-24-8-3-10-26-11-9-25-15-26)6-7-20(21)28-14-17-18(22)4-2-5-19(17)23/h2,4-7,9,11-12,15,24H,3,8,10,13-14H2,1H3. The van der Waals surface area contributed by atoms with Crippen molar-refractivity contribution in [3.63, 3.8) is 0 Å². The van der Waals surface area contributed by atoms with Crippen molar-refractivity contribution >= 4 is 11.6 Å². The zero-order valence-corrected chi connectivity index (χ0v) is 16.5. The van der Waals surface area contributed by atoms with Crippen molar-refractivity contribution in [2.45, 2.75) is 26.1 Å². The first kappa shape index (κ1) is 20.2. The zero-order chi connectivity index (χ0) is 19.8. The molecule has 3 rings (SSSR count). The third kappa shape index (κ3) is 5.47.